The van der Waals surface area contributed by atoms with Crippen LogP contribution in [0.1, 0.15) is 30.7 Å². The van der Waals surface area contributed by atoms with E-state index in [1.165, 1.54) is 24.8 Å². The fourth-order valence-corrected chi connectivity index (χ4v) is 2.92. The van der Waals surface area contributed by atoms with E-state index < -0.39 is 0 Å². The van der Waals surface area contributed by atoms with E-state index >= 15 is 0 Å². The Morgan fingerprint density at radius 1 is 1.24 bits per heavy atom. The van der Waals surface area contributed by atoms with E-state index in [4.69, 9.17) is 16.3 Å². The van der Waals surface area contributed by atoms with Crippen LogP contribution in [-0.4, -0.2) is 19.0 Å². The maximum atomic E-state index is 5.95. The highest BCUT2D eigenvalue weighted by Gasteiger charge is 2.35. The summed E-state index contributed by atoms with van der Waals surface area (Å²) in [5, 5.41) is 0.798. The Bertz CT molecular complexity index is 411. The number of hydrogen-bond donors (Lipinski definition) is 0. The first kappa shape index (κ1) is 11.1. The van der Waals surface area contributed by atoms with E-state index in [1.54, 1.807) is 6.40 Å². The number of rotatable bonds is 3. The van der Waals surface area contributed by atoms with Crippen LogP contribution < -0.4 is 0 Å². The van der Waals surface area contributed by atoms with Crippen molar-refractivity contribution in [3.8, 4) is 0 Å². The van der Waals surface area contributed by atoms with E-state index in [-0.39, 0.29) is 0 Å². The highest BCUT2D eigenvalue weighted by atomic mass is 35.5. The Hall–Kier alpha value is -1.02. The normalized spacial score (nSPS) is 25.4. The molecule has 2 nitrogen and oxygen atoms in total. The lowest BCUT2D eigenvalue weighted by atomic mass is 9.70. The average molecular weight is 250 g/mol. The molecular weight excluding hydrogens is 234 g/mol. The maximum Gasteiger partial charge on any atom is 0.169 e. The van der Waals surface area contributed by atoms with E-state index in [0.717, 1.165) is 17.5 Å². The van der Waals surface area contributed by atoms with Crippen LogP contribution in [-0.2, 0) is 4.74 Å². The summed E-state index contributed by atoms with van der Waals surface area (Å²) in [7, 11) is 0. The van der Waals surface area contributed by atoms with Crippen molar-refractivity contribution in [1.82, 2.24) is 0 Å². The number of ether oxygens (including phenoxy) is 1. The fourth-order valence-electron chi connectivity index (χ4n) is 2.79. The highest BCUT2D eigenvalue weighted by molar-refractivity contribution is 6.30. The topological polar surface area (TPSA) is 21.6 Å². The van der Waals surface area contributed by atoms with Gasteiger partial charge in [0.1, 0.15) is 6.61 Å². The van der Waals surface area contributed by atoms with E-state index in [9.17, 15) is 0 Å². The number of benzene rings is 1. The van der Waals surface area contributed by atoms with Gasteiger partial charge in [0.25, 0.3) is 0 Å². The van der Waals surface area contributed by atoms with Crippen molar-refractivity contribution in [2.45, 2.75) is 31.2 Å². The Kier molecular flexibility index (Phi) is 3.06. The van der Waals surface area contributed by atoms with Crippen LogP contribution in [0.2, 0.25) is 5.02 Å². The molecule has 1 heterocycles. The maximum absolute atomic E-state index is 5.95. The molecule has 2 atom stereocenters. The number of hydrogen-bond acceptors (Lipinski definition) is 2. The second-order valence-electron chi connectivity index (χ2n) is 4.92. The third kappa shape index (κ3) is 2.19. The largest absolute Gasteiger partial charge is 0.481 e. The molecule has 1 aromatic rings. The second kappa shape index (κ2) is 4.69. The van der Waals surface area contributed by atoms with Crippen LogP contribution in [0.4, 0.5) is 0 Å². The molecule has 1 aliphatic carbocycles. The van der Waals surface area contributed by atoms with Gasteiger partial charge in [-0.25, -0.2) is 0 Å². The molecule has 17 heavy (non-hydrogen) atoms. The van der Waals surface area contributed by atoms with Gasteiger partial charge in [0.2, 0.25) is 0 Å². The van der Waals surface area contributed by atoms with Gasteiger partial charge in [0, 0.05) is 10.9 Å². The molecule has 3 rings (SSSR count). The van der Waals surface area contributed by atoms with Crippen LogP contribution in [0.5, 0.6) is 0 Å². The third-order valence-electron chi connectivity index (χ3n) is 3.92. The van der Waals surface area contributed by atoms with Gasteiger partial charge in [-0.05, 0) is 36.5 Å². The van der Waals surface area contributed by atoms with E-state index in [2.05, 4.69) is 17.1 Å². The predicted molar refractivity (Wildman–Crippen MR) is 69.8 cm³/mol. The van der Waals surface area contributed by atoms with Gasteiger partial charge < -0.3 is 4.74 Å². The standard InChI is InChI=1S/C14H16ClNO/c15-12-6-4-11(5-7-12)14(10-2-1-3-10)13-8-17-9-16-13/h4-7,9-10,13-14H,1-3,8H2. The van der Waals surface area contributed by atoms with Crippen molar-refractivity contribution >= 4 is 18.0 Å². The molecular formula is C14H16ClNO. The summed E-state index contributed by atoms with van der Waals surface area (Å²) in [6.45, 7) is 0.726. The van der Waals surface area contributed by atoms with Crippen molar-refractivity contribution in [2.75, 3.05) is 6.61 Å². The van der Waals surface area contributed by atoms with Crippen LogP contribution in [0.15, 0.2) is 29.3 Å². The molecule has 2 unspecified atom stereocenters. The molecule has 1 aromatic carbocycles. The summed E-state index contributed by atoms with van der Waals surface area (Å²) in [4.78, 5) is 4.46. The Morgan fingerprint density at radius 2 is 2.00 bits per heavy atom. The van der Waals surface area contributed by atoms with E-state index in [1.807, 2.05) is 12.1 Å². The number of aliphatic imine (C=N–C) groups is 1. The minimum atomic E-state index is 0.293. The molecule has 1 aliphatic heterocycles. The lowest BCUT2D eigenvalue weighted by Gasteiger charge is -2.36. The molecule has 1 fully saturated rings. The first-order valence-corrected chi connectivity index (χ1v) is 6.61. The first-order chi connectivity index (χ1) is 8.34. The lowest BCUT2D eigenvalue weighted by Crippen LogP contribution is -2.30. The van der Waals surface area contributed by atoms with Crippen molar-refractivity contribution in [3.05, 3.63) is 34.9 Å². The summed E-state index contributed by atoms with van der Waals surface area (Å²) in [5.41, 5.74) is 1.35. The average Bonchev–Trinajstić information content (AvgIpc) is 2.78. The van der Waals surface area contributed by atoms with Gasteiger partial charge in [-0.2, -0.15) is 0 Å². The molecule has 0 amide bonds. The quantitative estimate of drug-likeness (QED) is 0.801. The molecule has 0 aromatic heterocycles. The molecule has 90 valence electrons. The molecule has 2 aliphatic rings. The van der Waals surface area contributed by atoms with Crippen molar-refractivity contribution in [2.24, 2.45) is 10.9 Å². The van der Waals surface area contributed by atoms with E-state index in [0.29, 0.717) is 12.0 Å². The van der Waals surface area contributed by atoms with Crippen molar-refractivity contribution < 1.29 is 4.74 Å². The summed E-state index contributed by atoms with van der Waals surface area (Å²) < 4.78 is 5.28. The van der Waals surface area contributed by atoms with Crippen LogP contribution in [0.25, 0.3) is 0 Å². The van der Waals surface area contributed by atoms with Gasteiger partial charge in [0.15, 0.2) is 6.40 Å². The van der Waals surface area contributed by atoms with Crippen molar-refractivity contribution in [3.63, 3.8) is 0 Å². The summed E-state index contributed by atoms with van der Waals surface area (Å²) >= 11 is 5.95. The van der Waals surface area contributed by atoms with Crippen molar-refractivity contribution in [1.29, 1.82) is 0 Å². The SMILES string of the molecule is Clc1ccc(C(C2CCC2)C2COC=N2)cc1. The summed E-state index contributed by atoms with van der Waals surface area (Å²) in [6, 6.07) is 8.52. The second-order valence-corrected chi connectivity index (χ2v) is 5.36. The van der Waals surface area contributed by atoms with Gasteiger partial charge >= 0.3 is 0 Å². The fraction of sp³-hybridized carbons (Fsp3) is 0.500. The zero-order valence-electron chi connectivity index (χ0n) is 9.68. The Morgan fingerprint density at radius 3 is 2.53 bits per heavy atom. The zero-order valence-corrected chi connectivity index (χ0v) is 10.4. The highest BCUT2D eigenvalue weighted by Crippen LogP contribution is 2.43. The number of halogens is 1. The Labute approximate surface area is 107 Å². The lowest BCUT2D eigenvalue weighted by molar-refractivity contribution is 0.211. The predicted octanol–water partition coefficient (Wildman–Crippen LogP) is 3.65. The van der Waals surface area contributed by atoms with Gasteiger partial charge in [0.05, 0.1) is 6.04 Å². The van der Waals surface area contributed by atoms with Crippen LogP contribution >= 0.6 is 11.6 Å². The first-order valence-electron chi connectivity index (χ1n) is 6.23. The van der Waals surface area contributed by atoms with Gasteiger partial charge in [-0.3, -0.25) is 4.99 Å². The minimum absolute atomic E-state index is 0.293. The summed E-state index contributed by atoms with van der Waals surface area (Å²) in [5.74, 6) is 1.26. The van der Waals surface area contributed by atoms with Crippen LogP contribution in [0, 0.1) is 5.92 Å². The molecule has 0 N–H and O–H groups in total. The smallest absolute Gasteiger partial charge is 0.169 e. The minimum Gasteiger partial charge on any atom is -0.481 e. The van der Waals surface area contributed by atoms with Crippen LogP contribution in [0.3, 0.4) is 0 Å². The Balaban J connectivity index is 1.86. The molecule has 0 saturated heterocycles. The molecule has 1 saturated carbocycles. The molecule has 0 bridgehead atoms. The summed E-state index contributed by atoms with van der Waals surface area (Å²) in [6.07, 6.45) is 5.59. The monoisotopic (exact) mass is 249 g/mol. The zero-order chi connectivity index (χ0) is 11.7. The number of nitrogens with zero attached hydrogens (tertiary/aromatic N) is 1. The molecule has 0 radical (unpaired) electrons. The molecule has 3 heteroatoms. The molecule has 0 spiro atoms. The third-order valence-corrected chi connectivity index (χ3v) is 4.17. The van der Waals surface area contributed by atoms with Gasteiger partial charge in [-0.15, -0.1) is 0 Å². The van der Waals surface area contributed by atoms with Gasteiger partial charge in [-0.1, -0.05) is 30.2 Å².